The third-order valence-electron chi connectivity index (χ3n) is 3.74. The van der Waals surface area contributed by atoms with E-state index in [-0.39, 0.29) is 5.96 Å². The summed E-state index contributed by atoms with van der Waals surface area (Å²) in [4.78, 5) is 4.01. The van der Waals surface area contributed by atoms with E-state index in [0.717, 1.165) is 24.2 Å². The van der Waals surface area contributed by atoms with Crippen LogP contribution in [0.15, 0.2) is 33.1 Å². The van der Waals surface area contributed by atoms with Crippen molar-refractivity contribution >= 4 is 23.8 Å². The standard InChI is InChI=1S/C16H27ClN4/c1-5-7-8-9-10-14(6-2)13(4)21-15(12(3)17)11-19-16(18)20-21/h11,14H,4-10H2,1-3H3,(H2,18,20)/b15-12+. The highest BCUT2D eigenvalue weighted by atomic mass is 35.5. The van der Waals surface area contributed by atoms with Gasteiger partial charge in [0.1, 0.15) is 0 Å². The van der Waals surface area contributed by atoms with E-state index in [1.807, 2.05) is 6.92 Å². The van der Waals surface area contributed by atoms with Crippen LogP contribution < -0.4 is 5.73 Å². The van der Waals surface area contributed by atoms with E-state index >= 15 is 0 Å². The monoisotopic (exact) mass is 310 g/mol. The lowest BCUT2D eigenvalue weighted by molar-refractivity contribution is 0.365. The number of rotatable bonds is 8. The highest BCUT2D eigenvalue weighted by Crippen LogP contribution is 2.29. The van der Waals surface area contributed by atoms with Gasteiger partial charge in [0.05, 0.1) is 11.9 Å². The average Bonchev–Trinajstić information content (AvgIpc) is 2.46. The SMILES string of the molecule is C=C(C(CC)CCCCCC)N1N=C(N)N=C/C1=C(/C)Cl. The largest absolute Gasteiger partial charge is 0.367 e. The summed E-state index contributed by atoms with van der Waals surface area (Å²) in [6.07, 6.45) is 8.82. The Labute approximate surface area is 133 Å². The Morgan fingerprint density at radius 3 is 2.67 bits per heavy atom. The van der Waals surface area contributed by atoms with Gasteiger partial charge >= 0.3 is 0 Å². The van der Waals surface area contributed by atoms with Gasteiger partial charge in [0, 0.05) is 16.6 Å². The molecule has 0 radical (unpaired) electrons. The van der Waals surface area contributed by atoms with E-state index in [2.05, 4.69) is 30.5 Å². The third kappa shape index (κ3) is 5.20. The first-order chi connectivity index (χ1) is 10.0. The zero-order valence-electron chi connectivity index (χ0n) is 13.4. The molecule has 1 unspecified atom stereocenters. The van der Waals surface area contributed by atoms with Crippen molar-refractivity contribution in [2.24, 2.45) is 21.7 Å². The second-order valence-corrected chi connectivity index (χ2v) is 5.96. The fourth-order valence-corrected chi connectivity index (χ4v) is 2.54. The van der Waals surface area contributed by atoms with Crippen LogP contribution in [0.2, 0.25) is 0 Å². The number of guanidine groups is 1. The number of hydrogen-bond acceptors (Lipinski definition) is 4. The van der Waals surface area contributed by atoms with Crippen LogP contribution in [0, 0.1) is 5.92 Å². The van der Waals surface area contributed by atoms with Gasteiger partial charge in [-0.05, 0) is 19.8 Å². The van der Waals surface area contributed by atoms with Crippen LogP contribution in [0.4, 0.5) is 0 Å². The zero-order chi connectivity index (χ0) is 15.8. The lowest BCUT2D eigenvalue weighted by atomic mass is 9.95. The van der Waals surface area contributed by atoms with Crippen LogP contribution in [0.3, 0.4) is 0 Å². The number of hydrazone groups is 1. The molecule has 1 atom stereocenters. The molecule has 0 saturated carbocycles. The van der Waals surface area contributed by atoms with Gasteiger partial charge in [-0.15, -0.1) is 5.10 Å². The van der Waals surface area contributed by atoms with Crippen molar-refractivity contribution < 1.29 is 0 Å². The Hall–Kier alpha value is -1.29. The average molecular weight is 311 g/mol. The molecule has 21 heavy (non-hydrogen) atoms. The molecule has 0 amide bonds. The molecule has 1 aliphatic rings. The molecule has 0 aromatic carbocycles. The van der Waals surface area contributed by atoms with Crippen LogP contribution in [0.1, 0.15) is 59.3 Å². The van der Waals surface area contributed by atoms with Crippen molar-refractivity contribution in [2.45, 2.75) is 59.3 Å². The molecule has 0 aromatic heterocycles. The van der Waals surface area contributed by atoms with E-state index in [4.69, 9.17) is 17.3 Å². The van der Waals surface area contributed by atoms with Crippen LogP contribution in [-0.2, 0) is 0 Å². The van der Waals surface area contributed by atoms with E-state index in [9.17, 15) is 0 Å². The summed E-state index contributed by atoms with van der Waals surface area (Å²) in [5, 5.41) is 6.67. The topological polar surface area (TPSA) is 54.0 Å². The van der Waals surface area contributed by atoms with E-state index < -0.39 is 0 Å². The molecule has 4 nitrogen and oxygen atoms in total. The number of hydrogen-bond donors (Lipinski definition) is 1. The lowest BCUT2D eigenvalue weighted by Crippen LogP contribution is -2.29. The summed E-state index contributed by atoms with van der Waals surface area (Å²) in [7, 11) is 0. The lowest BCUT2D eigenvalue weighted by Gasteiger charge is -2.29. The number of aliphatic imine (C=N–C) groups is 1. The number of nitrogens with zero attached hydrogens (tertiary/aromatic N) is 3. The Bertz CT molecular complexity index is 447. The summed E-state index contributed by atoms with van der Waals surface area (Å²) >= 11 is 6.13. The van der Waals surface area contributed by atoms with Gasteiger partial charge in [0.15, 0.2) is 0 Å². The second kappa shape index (κ2) is 8.88. The first-order valence-corrected chi connectivity index (χ1v) is 8.12. The quantitative estimate of drug-likeness (QED) is 0.667. The molecule has 0 aromatic rings. The Morgan fingerprint density at radius 2 is 2.10 bits per heavy atom. The molecule has 118 valence electrons. The van der Waals surface area contributed by atoms with Crippen molar-refractivity contribution in [1.29, 1.82) is 0 Å². The van der Waals surface area contributed by atoms with E-state index in [0.29, 0.717) is 11.0 Å². The summed E-state index contributed by atoms with van der Waals surface area (Å²) in [5.74, 6) is 0.620. The Kier molecular flexibility index (Phi) is 7.51. The van der Waals surface area contributed by atoms with Crippen molar-refractivity contribution in [3.05, 3.63) is 23.0 Å². The molecule has 1 heterocycles. The van der Waals surface area contributed by atoms with E-state index in [1.165, 1.54) is 25.7 Å². The first-order valence-electron chi connectivity index (χ1n) is 7.74. The van der Waals surface area contributed by atoms with Crippen LogP contribution >= 0.6 is 11.6 Å². The first kappa shape index (κ1) is 17.8. The Morgan fingerprint density at radius 1 is 1.38 bits per heavy atom. The molecule has 0 bridgehead atoms. The Balaban J connectivity index is 2.78. The number of unbranched alkanes of at least 4 members (excludes halogenated alkanes) is 3. The molecule has 2 N–H and O–H groups in total. The van der Waals surface area contributed by atoms with Gasteiger partial charge in [0.25, 0.3) is 0 Å². The normalized spacial score (nSPS) is 18.5. The molecule has 0 spiro atoms. The van der Waals surface area contributed by atoms with E-state index in [1.54, 1.807) is 11.2 Å². The van der Waals surface area contributed by atoms with Gasteiger partial charge < -0.3 is 5.73 Å². The third-order valence-corrected chi connectivity index (χ3v) is 3.94. The number of halogens is 1. The van der Waals surface area contributed by atoms with Crippen molar-refractivity contribution in [1.82, 2.24) is 5.01 Å². The zero-order valence-corrected chi connectivity index (χ0v) is 14.2. The molecule has 0 aliphatic carbocycles. The molecule has 1 rings (SSSR count). The highest BCUT2D eigenvalue weighted by molar-refractivity contribution is 6.31. The minimum atomic E-state index is 0.235. The van der Waals surface area contributed by atoms with Gasteiger partial charge in [-0.25, -0.2) is 10.0 Å². The molecular formula is C16H27ClN4. The smallest absolute Gasteiger partial charge is 0.238 e. The fraction of sp³-hybridized carbons (Fsp3) is 0.625. The van der Waals surface area contributed by atoms with Gasteiger partial charge in [-0.3, -0.25) is 0 Å². The van der Waals surface area contributed by atoms with Crippen LogP contribution in [-0.4, -0.2) is 17.2 Å². The van der Waals surface area contributed by atoms with Crippen LogP contribution in [0.5, 0.6) is 0 Å². The minimum absolute atomic E-state index is 0.235. The maximum Gasteiger partial charge on any atom is 0.238 e. The summed E-state index contributed by atoms with van der Waals surface area (Å²) in [5.41, 5.74) is 7.41. The molecule has 5 heteroatoms. The minimum Gasteiger partial charge on any atom is -0.367 e. The maximum absolute atomic E-state index is 6.13. The second-order valence-electron chi connectivity index (χ2n) is 5.39. The summed E-state index contributed by atoms with van der Waals surface area (Å²) < 4.78 is 0. The maximum atomic E-state index is 6.13. The number of allylic oxidation sites excluding steroid dienone is 3. The van der Waals surface area contributed by atoms with Crippen LogP contribution in [0.25, 0.3) is 0 Å². The summed E-state index contributed by atoms with van der Waals surface area (Å²) in [6.45, 7) is 10.4. The van der Waals surface area contributed by atoms with Gasteiger partial charge in [-0.1, -0.05) is 57.7 Å². The summed E-state index contributed by atoms with van der Waals surface area (Å²) in [6, 6.07) is 0. The van der Waals surface area contributed by atoms with Crippen molar-refractivity contribution in [3.63, 3.8) is 0 Å². The molecule has 0 saturated heterocycles. The van der Waals surface area contributed by atoms with Gasteiger partial charge in [-0.2, -0.15) is 0 Å². The highest BCUT2D eigenvalue weighted by Gasteiger charge is 2.22. The fourth-order valence-electron chi connectivity index (χ4n) is 2.41. The predicted octanol–water partition coefficient (Wildman–Crippen LogP) is 4.58. The van der Waals surface area contributed by atoms with Gasteiger partial charge in [0.2, 0.25) is 5.96 Å². The molecule has 0 fully saturated rings. The predicted molar refractivity (Wildman–Crippen MR) is 92.2 cm³/mol. The molecule has 1 aliphatic heterocycles. The van der Waals surface area contributed by atoms with Crippen molar-refractivity contribution in [2.75, 3.05) is 0 Å². The molecular weight excluding hydrogens is 284 g/mol. The number of nitrogens with two attached hydrogens (primary N) is 1. The van der Waals surface area contributed by atoms with Crippen molar-refractivity contribution in [3.8, 4) is 0 Å².